The molecule has 4 nitrogen and oxygen atoms in total. The lowest BCUT2D eigenvalue weighted by atomic mass is 9.78. The van der Waals surface area contributed by atoms with Gasteiger partial charge < -0.3 is 15.4 Å². The minimum absolute atomic E-state index is 0.111. The first-order valence-corrected chi connectivity index (χ1v) is 10.8. The van der Waals surface area contributed by atoms with Crippen molar-refractivity contribution in [1.29, 1.82) is 0 Å². The number of hydrogen-bond donors (Lipinski definition) is 2. The van der Waals surface area contributed by atoms with Gasteiger partial charge in [-0.2, -0.15) is 0 Å². The molecule has 2 atom stereocenters. The monoisotopic (exact) mass is 430 g/mol. The van der Waals surface area contributed by atoms with Gasteiger partial charge in [0.1, 0.15) is 5.75 Å². The van der Waals surface area contributed by atoms with Gasteiger partial charge in [-0.1, -0.05) is 54.1 Å². The zero-order valence-electron chi connectivity index (χ0n) is 17.2. The Hall–Kier alpha value is -3.24. The molecule has 1 aliphatic carbocycles. The van der Waals surface area contributed by atoms with E-state index in [1.807, 2.05) is 72.8 Å². The lowest BCUT2D eigenvalue weighted by Crippen LogP contribution is -2.27. The fourth-order valence-corrected chi connectivity index (χ4v) is 4.73. The third-order valence-corrected chi connectivity index (χ3v) is 6.35. The van der Waals surface area contributed by atoms with Crippen molar-refractivity contribution in [3.05, 3.63) is 100 Å². The maximum atomic E-state index is 13.6. The minimum Gasteiger partial charge on any atom is -0.496 e. The molecule has 2 aliphatic rings. The molecule has 0 unspecified atom stereocenters. The van der Waals surface area contributed by atoms with Crippen LogP contribution in [0.3, 0.4) is 0 Å². The van der Waals surface area contributed by atoms with E-state index in [-0.39, 0.29) is 17.7 Å². The molecule has 156 valence electrons. The Morgan fingerprint density at radius 1 is 0.903 bits per heavy atom. The van der Waals surface area contributed by atoms with Crippen molar-refractivity contribution in [2.45, 2.75) is 24.8 Å². The smallest absolute Gasteiger partial charge is 0.163 e. The van der Waals surface area contributed by atoms with Crippen LogP contribution in [0.5, 0.6) is 5.75 Å². The van der Waals surface area contributed by atoms with Gasteiger partial charge in [-0.15, -0.1) is 0 Å². The van der Waals surface area contributed by atoms with E-state index in [2.05, 4.69) is 10.6 Å². The molecular formula is C26H23ClN2O2. The first-order chi connectivity index (χ1) is 15.1. The third kappa shape index (κ3) is 3.68. The third-order valence-electron chi connectivity index (χ3n) is 6.10. The molecule has 0 amide bonds. The fourth-order valence-electron chi connectivity index (χ4n) is 4.60. The van der Waals surface area contributed by atoms with E-state index in [1.165, 1.54) is 0 Å². The highest BCUT2D eigenvalue weighted by Crippen LogP contribution is 2.45. The van der Waals surface area contributed by atoms with Gasteiger partial charge in [0.05, 0.1) is 24.5 Å². The van der Waals surface area contributed by atoms with E-state index in [4.69, 9.17) is 16.3 Å². The maximum Gasteiger partial charge on any atom is 0.163 e. The van der Waals surface area contributed by atoms with Crippen LogP contribution in [-0.4, -0.2) is 12.9 Å². The number of nitrogens with one attached hydrogen (secondary N) is 2. The fraction of sp³-hybridized carbons (Fsp3) is 0.192. The van der Waals surface area contributed by atoms with E-state index in [9.17, 15) is 4.79 Å². The van der Waals surface area contributed by atoms with Gasteiger partial charge in [0.15, 0.2) is 5.78 Å². The van der Waals surface area contributed by atoms with Gasteiger partial charge in [-0.05, 0) is 48.2 Å². The number of hydrogen-bond acceptors (Lipinski definition) is 4. The average Bonchev–Trinajstić information content (AvgIpc) is 2.96. The Kier molecular flexibility index (Phi) is 5.16. The van der Waals surface area contributed by atoms with Crippen molar-refractivity contribution >= 4 is 28.8 Å². The van der Waals surface area contributed by atoms with Crippen LogP contribution in [0.15, 0.2) is 84.1 Å². The molecule has 0 saturated carbocycles. The van der Waals surface area contributed by atoms with Crippen molar-refractivity contribution < 1.29 is 9.53 Å². The highest BCUT2D eigenvalue weighted by molar-refractivity contribution is 6.30. The molecule has 0 saturated heterocycles. The Labute approximate surface area is 186 Å². The predicted octanol–water partition coefficient (Wildman–Crippen LogP) is 6.33. The topological polar surface area (TPSA) is 50.4 Å². The summed E-state index contributed by atoms with van der Waals surface area (Å²) in [6.45, 7) is 0. The first kappa shape index (κ1) is 19.7. The number of benzene rings is 3. The zero-order valence-corrected chi connectivity index (χ0v) is 17.9. The van der Waals surface area contributed by atoms with E-state index < -0.39 is 0 Å². The second-order valence-corrected chi connectivity index (χ2v) is 8.40. The number of allylic oxidation sites excluding steroid dienone is 1. The summed E-state index contributed by atoms with van der Waals surface area (Å²) in [4.78, 5) is 13.6. The van der Waals surface area contributed by atoms with Crippen molar-refractivity contribution in [3.63, 3.8) is 0 Å². The lowest BCUT2D eigenvalue weighted by molar-refractivity contribution is -0.116. The summed E-state index contributed by atoms with van der Waals surface area (Å²) in [5.41, 5.74) is 5.76. The number of para-hydroxylation sites is 3. The van der Waals surface area contributed by atoms with Crippen LogP contribution in [0.1, 0.15) is 35.9 Å². The lowest BCUT2D eigenvalue weighted by Gasteiger charge is -2.30. The van der Waals surface area contributed by atoms with E-state index >= 15 is 0 Å². The summed E-state index contributed by atoms with van der Waals surface area (Å²) in [6.07, 6.45) is 1.22. The molecule has 3 aromatic rings. The molecule has 0 bridgehead atoms. The van der Waals surface area contributed by atoms with Crippen LogP contribution in [0.25, 0.3) is 0 Å². The predicted molar refractivity (Wildman–Crippen MR) is 125 cm³/mol. The van der Waals surface area contributed by atoms with E-state index in [0.717, 1.165) is 45.9 Å². The summed E-state index contributed by atoms with van der Waals surface area (Å²) in [6, 6.07) is 23.5. The van der Waals surface area contributed by atoms with Crippen LogP contribution in [0.2, 0.25) is 5.02 Å². The number of anilines is 2. The number of rotatable bonds is 3. The highest BCUT2D eigenvalue weighted by Gasteiger charge is 2.36. The number of Topliss-reactive ketones (excluding diaryl/α,β-unsaturated/α-hetero) is 1. The molecule has 2 N–H and O–H groups in total. The molecule has 0 fully saturated rings. The number of carbonyl (C=O) groups is 1. The van der Waals surface area contributed by atoms with Crippen LogP contribution in [-0.2, 0) is 4.79 Å². The number of halogens is 1. The van der Waals surface area contributed by atoms with Crippen molar-refractivity contribution in [1.82, 2.24) is 0 Å². The highest BCUT2D eigenvalue weighted by atomic mass is 35.5. The van der Waals surface area contributed by atoms with Crippen LogP contribution in [0, 0.1) is 0 Å². The number of ketones is 1. The van der Waals surface area contributed by atoms with Crippen LogP contribution < -0.4 is 15.4 Å². The standard InChI is InChI=1S/C26H23ClN2O2/c1-31-24-9-5-2-6-19(24)26-25-22(28-20-7-3-4-8-21(20)29-26)14-17(15-23(25)30)16-10-12-18(27)13-11-16/h2-13,17,26,28-29H,14-15H2,1H3/t17-,26+/m1/s1. The summed E-state index contributed by atoms with van der Waals surface area (Å²) < 4.78 is 5.64. The summed E-state index contributed by atoms with van der Waals surface area (Å²) in [7, 11) is 1.66. The van der Waals surface area contributed by atoms with E-state index in [0.29, 0.717) is 11.4 Å². The SMILES string of the molecule is COc1ccccc1[C@@H]1Nc2ccccc2NC2=C1C(=O)C[C@H](c1ccc(Cl)cc1)C2. The number of methoxy groups -OCH3 is 1. The molecule has 31 heavy (non-hydrogen) atoms. The molecule has 3 aromatic carbocycles. The van der Waals surface area contributed by atoms with Gasteiger partial charge in [-0.3, -0.25) is 4.79 Å². The Balaban J connectivity index is 1.62. The summed E-state index contributed by atoms with van der Waals surface area (Å²) >= 11 is 6.07. The Bertz CT molecular complexity index is 1170. The Morgan fingerprint density at radius 3 is 2.39 bits per heavy atom. The molecular weight excluding hydrogens is 408 g/mol. The molecule has 1 aliphatic heterocycles. The quantitative estimate of drug-likeness (QED) is 0.509. The maximum absolute atomic E-state index is 13.6. The zero-order chi connectivity index (χ0) is 21.4. The first-order valence-electron chi connectivity index (χ1n) is 10.4. The van der Waals surface area contributed by atoms with Gasteiger partial charge >= 0.3 is 0 Å². The van der Waals surface area contributed by atoms with Crippen molar-refractivity contribution in [3.8, 4) is 5.75 Å². The van der Waals surface area contributed by atoms with Gasteiger partial charge in [-0.25, -0.2) is 0 Å². The molecule has 5 rings (SSSR count). The Morgan fingerprint density at radius 2 is 1.61 bits per heavy atom. The van der Waals surface area contributed by atoms with Crippen molar-refractivity contribution in [2.24, 2.45) is 0 Å². The minimum atomic E-state index is -0.291. The molecule has 0 aromatic heterocycles. The van der Waals surface area contributed by atoms with Gasteiger partial charge in [0.2, 0.25) is 0 Å². The number of carbonyl (C=O) groups excluding carboxylic acids is 1. The normalized spacial score (nSPS) is 20.1. The molecule has 1 heterocycles. The summed E-state index contributed by atoms with van der Waals surface area (Å²) in [5, 5.41) is 7.87. The second-order valence-electron chi connectivity index (χ2n) is 7.96. The second kappa shape index (κ2) is 8.12. The molecule has 0 spiro atoms. The van der Waals surface area contributed by atoms with Crippen LogP contribution in [0.4, 0.5) is 11.4 Å². The van der Waals surface area contributed by atoms with Gasteiger partial charge in [0, 0.05) is 28.3 Å². The number of ether oxygens (including phenoxy) is 1. The van der Waals surface area contributed by atoms with E-state index in [1.54, 1.807) is 7.11 Å². The average molecular weight is 431 g/mol. The van der Waals surface area contributed by atoms with Gasteiger partial charge in [0.25, 0.3) is 0 Å². The van der Waals surface area contributed by atoms with Crippen molar-refractivity contribution in [2.75, 3.05) is 17.7 Å². The number of fused-ring (bicyclic) bond motifs is 1. The van der Waals surface area contributed by atoms with Crippen LogP contribution >= 0.6 is 11.6 Å². The molecule has 5 heteroatoms. The molecule has 0 radical (unpaired) electrons. The summed E-state index contributed by atoms with van der Waals surface area (Å²) in [5.74, 6) is 1.02. The largest absolute Gasteiger partial charge is 0.496 e.